The Morgan fingerprint density at radius 2 is 1.71 bits per heavy atom. The van der Waals surface area contributed by atoms with E-state index >= 15 is 0 Å². The van der Waals surface area contributed by atoms with Crippen LogP contribution in [0.15, 0.2) is 12.7 Å². The largest absolute Gasteiger partial charge is 0.481 e. The number of carbonyl (C=O) groups is 4. The van der Waals surface area contributed by atoms with Gasteiger partial charge in [0.15, 0.2) is 22.8 Å². The lowest BCUT2D eigenvalue weighted by Gasteiger charge is -2.30. The second-order valence-electron chi connectivity index (χ2n) is 13.2. The molecule has 0 radical (unpaired) electrons. The Morgan fingerprint density at radius 3 is 2.38 bits per heavy atom. The Labute approximate surface area is 334 Å². The Bertz CT molecular complexity index is 1900. The molecule has 1 fully saturated rings. The van der Waals surface area contributed by atoms with Gasteiger partial charge in [-0.3, -0.25) is 37.3 Å². The number of aliphatic hydroxyl groups excluding tert-OH is 3. The van der Waals surface area contributed by atoms with Gasteiger partial charge in [0.1, 0.15) is 42.0 Å². The van der Waals surface area contributed by atoms with Crippen molar-refractivity contribution < 1.29 is 90.4 Å². The molecule has 0 saturated carbocycles. The van der Waals surface area contributed by atoms with Gasteiger partial charge in [0.25, 0.3) is 0 Å². The first-order valence-corrected chi connectivity index (χ1v) is 22.6. The number of aromatic nitrogens is 4. The van der Waals surface area contributed by atoms with Crippen LogP contribution in [0, 0.1) is 5.41 Å². The maximum atomic E-state index is 12.7. The third-order valence-corrected chi connectivity index (χ3v) is 11.9. The highest BCUT2D eigenvalue weighted by Gasteiger charge is 2.50. The highest BCUT2D eigenvalue weighted by molar-refractivity contribution is 8.13. The lowest BCUT2D eigenvalue weighted by molar-refractivity contribution is -0.137. The molecule has 0 aliphatic carbocycles. The van der Waals surface area contributed by atoms with Gasteiger partial charge in [-0.25, -0.2) is 28.6 Å². The highest BCUT2D eigenvalue weighted by Crippen LogP contribution is 2.61. The molecular formula is C28H46N7O19P3S. The highest BCUT2D eigenvalue weighted by atomic mass is 32.2. The molecule has 2 unspecified atom stereocenters. The number of amides is 2. The van der Waals surface area contributed by atoms with Crippen molar-refractivity contribution in [1.29, 1.82) is 0 Å². The van der Waals surface area contributed by atoms with Gasteiger partial charge in [0.05, 0.1) is 26.0 Å². The number of Topliss-reactive ketones (excluding diaryl/α,β-unsaturated/α-hetero) is 1. The number of rotatable bonds is 25. The topological polar surface area (TPSA) is 401 Å². The first-order valence-electron chi connectivity index (χ1n) is 17.1. The van der Waals surface area contributed by atoms with Crippen molar-refractivity contribution in [3.05, 3.63) is 12.7 Å². The first-order chi connectivity index (χ1) is 26.9. The third-order valence-electron chi connectivity index (χ3n) is 7.97. The van der Waals surface area contributed by atoms with Crippen LogP contribution in [0.1, 0.15) is 52.2 Å². The van der Waals surface area contributed by atoms with Crippen LogP contribution in [0.2, 0.25) is 0 Å². The van der Waals surface area contributed by atoms with E-state index in [4.69, 9.17) is 24.6 Å². The lowest BCUT2D eigenvalue weighted by atomic mass is 9.87. The first kappa shape index (κ1) is 49.6. The van der Waals surface area contributed by atoms with Crippen LogP contribution >= 0.6 is 35.2 Å². The minimum absolute atomic E-state index is 0.0208. The van der Waals surface area contributed by atoms with Gasteiger partial charge in [0.2, 0.25) is 11.8 Å². The number of carbonyl (C=O) groups excluding carboxylic acids is 4. The summed E-state index contributed by atoms with van der Waals surface area (Å²) in [5.74, 6) is -1.63. The zero-order valence-electron chi connectivity index (χ0n) is 31.0. The Hall–Kier alpha value is -2.81. The van der Waals surface area contributed by atoms with E-state index in [1.54, 1.807) is 0 Å². The van der Waals surface area contributed by atoms with Crippen LogP contribution in [0.4, 0.5) is 5.82 Å². The summed E-state index contributed by atoms with van der Waals surface area (Å²) in [4.78, 5) is 99.2. The number of imidazole rings is 1. The van der Waals surface area contributed by atoms with Crippen LogP contribution in [0.5, 0.6) is 0 Å². The molecule has 3 rings (SSSR count). The number of fused-ring (bicyclic) bond motifs is 1. The van der Waals surface area contributed by atoms with Crippen LogP contribution in [0.25, 0.3) is 11.2 Å². The Morgan fingerprint density at radius 1 is 1.02 bits per heavy atom. The fourth-order valence-electron chi connectivity index (χ4n) is 5.03. The number of nitrogens with zero attached hydrogens (tertiary/aromatic N) is 4. The monoisotopic (exact) mass is 909 g/mol. The molecule has 3 heterocycles. The van der Waals surface area contributed by atoms with Gasteiger partial charge >= 0.3 is 23.5 Å². The molecular weight excluding hydrogens is 863 g/mol. The predicted molar refractivity (Wildman–Crippen MR) is 198 cm³/mol. The summed E-state index contributed by atoms with van der Waals surface area (Å²) in [6.45, 7) is 0.195. The van der Waals surface area contributed by atoms with E-state index in [9.17, 15) is 62.7 Å². The molecule has 11 N–H and O–H groups in total. The zero-order valence-corrected chi connectivity index (χ0v) is 34.5. The van der Waals surface area contributed by atoms with Gasteiger partial charge in [-0.2, -0.15) is 4.31 Å². The van der Waals surface area contributed by atoms with Crippen molar-refractivity contribution in [3.8, 4) is 0 Å². The molecule has 1 aliphatic heterocycles. The third kappa shape index (κ3) is 15.7. The SMILES string of the molecule is CC(C)(COP(=O)(O)OP(=O)(O)OC[C@H]1O[C@@H](n2cnc3c(N)ncnc32)[C@H](O)[C@@H]1OP(=O)(O)O)[C@@H](O)C(=O)NCCC(=O)NCCSC(=O)CC(=O)CCCCO. The van der Waals surface area contributed by atoms with Gasteiger partial charge < -0.3 is 56.0 Å². The maximum Gasteiger partial charge on any atom is 0.481 e. The van der Waals surface area contributed by atoms with E-state index in [1.165, 1.54) is 13.8 Å². The molecule has 2 aromatic heterocycles. The van der Waals surface area contributed by atoms with E-state index in [2.05, 4.69) is 34.4 Å². The van der Waals surface area contributed by atoms with Crippen molar-refractivity contribution in [3.63, 3.8) is 0 Å². The van der Waals surface area contributed by atoms with Crippen LogP contribution in [-0.2, 0) is 55.5 Å². The van der Waals surface area contributed by atoms with Gasteiger partial charge in [-0.05, 0) is 12.8 Å². The number of hydrogen-bond donors (Lipinski definition) is 10. The second-order valence-corrected chi connectivity index (χ2v) is 18.6. The molecule has 30 heteroatoms. The summed E-state index contributed by atoms with van der Waals surface area (Å²) < 4.78 is 62.0. The Kier molecular flexibility index (Phi) is 18.5. The number of nitrogen functional groups attached to an aromatic ring is 1. The number of phosphoric ester groups is 3. The predicted octanol–water partition coefficient (Wildman–Crippen LogP) is -1.21. The van der Waals surface area contributed by atoms with Crippen molar-refractivity contribution in [2.24, 2.45) is 5.41 Å². The van der Waals surface area contributed by atoms with Gasteiger partial charge in [-0.1, -0.05) is 25.6 Å². The van der Waals surface area contributed by atoms with Crippen LogP contribution in [-0.4, -0.2) is 140 Å². The van der Waals surface area contributed by atoms with Gasteiger partial charge in [-0.15, -0.1) is 0 Å². The lowest BCUT2D eigenvalue weighted by Crippen LogP contribution is -2.46. The molecule has 1 saturated heterocycles. The summed E-state index contributed by atoms with van der Waals surface area (Å²) in [5.41, 5.74) is 4.21. The number of ether oxygens (including phenoxy) is 1. The number of ketones is 1. The molecule has 0 bridgehead atoms. The second kappa shape index (κ2) is 21.6. The van der Waals surface area contributed by atoms with Crippen molar-refractivity contribution in [2.75, 3.05) is 44.4 Å². The summed E-state index contributed by atoms with van der Waals surface area (Å²) in [6.07, 6.45) is -6.20. The zero-order chi connectivity index (χ0) is 43.5. The molecule has 0 spiro atoms. The quantitative estimate of drug-likeness (QED) is 0.0317. The molecule has 2 aromatic rings. The van der Waals surface area contributed by atoms with E-state index in [-0.39, 0.29) is 72.6 Å². The molecule has 328 valence electrons. The van der Waals surface area contributed by atoms with E-state index in [1.807, 2.05) is 0 Å². The summed E-state index contributed by atoms with van der Waals surface area (Å²) >= 11 is 0.868. The normalized spacial score (nSPS) is 21.3. The average molecular weight is 910 g/mol. The van der Waals surface area contributed by atoms with Crippen LogP contribution < -0.4 is 16.4 Å². The molecule has 1 aliphatic rings. The molecule has 0 aromatic carbocycles. The van der Waals surface area contributed by atoms with E-state index in [0.29, 0.717) is 12.8 Å². The average Bonchev–Trinajstić information content (AvgIpc) is 3.68. The number of phosphoric acid groups is 3. The fraction of sp³-hybridized carbons (Fsp3) is 0.679. The number of anilines is 1. The minimum Gasteiger partial charge on any atom is -0.396 e. The molecule has 26 nitrogen and oxygen atoms in total. The number of nitrogens with two attached hydrogens (primary N) is 1. The smallest absolute Gasteiger partial charge is 0.396 e. The minimum atomic E-state index is -5.59. The summed E-state index contributed by atoms with van der Waals surface area (Å²) in [6, 6.07) is 0. The number of nitrogens with one attached hydrogen (secondary N) is 2. The Balaban J connectivity index is 1.45. The van der Waals surface area contributed by atoms with E-state index in [0.717, 1.165) is 29.0 Å². The summed E-state index contributed by atoms with van der Waals surface area (Å²) in [5, 5.41) is 34.6. The fourth-order valence-corrected chi connectivity index (χ4v) is 8.55. The number of hydrogen-bond acceptors (Lipinski definition) is 20. The standard InChI is InChI=1S/C28H46N7O19P3S/c1-28(2,23(41)26(42)31-7-6-18(38)30-8-10-58-19(39)11-16(37)5-3-4-9-36)13-51-57(48,49)54-56(46,47)50-12-17-22(53-55(43,44)45)21(40)27(52-17)35-15-34-20-24(29)32-14-33-25(20)35/h14-15,17,21-23,27,36,40-41H,3-13H2,1-2H3,(H,30,38)(H,31,42)(H,46,47)(H,48,49)(H2,29,32,33)(H2,43,44,45)/t17-,21-,22-,23+,27-/m1/s1. The number of thioether (sulfide) groups is 1. The van der Waals surface area contributed by atoms with Crippen molar-refractivity contribution in [2.45, 2.75) is 76.6 Å². The maximum absolute atomic E-state index is 12.7. The van der Waals surface area contributed by atoms with Crippen LogP contribution in [0.3, 0.4) is 0 Å². The van der Waals surface area contributed by atoms with Crippen molar-refractivity contribution >= 4 is 74.9 Å². The van der Waals surface area contributed by atoms with E-state index < -0.39 is 84.6 Å². The van der Waals surface area contributed by atoms with Gasteiger partial charge in [0, 0.05) is 43.7 Å². The number of unbranched alkanes of at least 4 members (excludes halogenated alkanes) is 1. The number of aliphatic hydroxyl groups is 3. The molecule has 58 heavy (non-hydrogen) atoms. The summed E-state index contributed by atoms with van der Waals surface area (Å²) in [7, 11) is -16.4. The molecule has 2 amide bonds. The molecule has 7 atom stereocenters. The van der Waals surface area contributed by atoms with Crippen molar-refractivity contribution in [1.82, 2.24) is 30.2 Å².